The summed E-state index contributed by atoms with van der Waals surface area (Å²) >= 11 is 0. The number of carbonyl (C=O) groups is 1. The van der Waals surface area contributed by atoms with E-state index in [2.05, 4.69) is 0 Å². The predicted octanol–water partition coefficient (Wildman–Crippen LogP) is 2.39. The lowest BCUT2D eigenvalue weighted by molar-refractivity contribution is -0.142. The van der Waals surface area contributed by atoms with E-state index in [0.717, 1.165) is 5.56 Å². The van der Waals surface area contributed by atoms with Crippen molar-refractivity contribution in [3.05, 3.63) is 71.5 Å². The van der Waals surface area contributed by atoms with E-state index in [0.29, 0.717) is 12.0 Å². The van der Waals surface area contributed by atoms with Gasteiger partial charge in [-0.15, -0.1) is 0 Å². The van der Waals surface area contributed by atoms with E-state index in [4.69, 9.17) is 5.73 Å². The maximum absolute atomic E-state index is 13.2. The van der Waals surface area contributed by atoms with Crippen LogP contribution in [0.2, 0.25) is 0 Å². The lowest BCUT2D eigenvalue weighted by atomic mass is 9.90. The molecule has 0 bridgehead atoms. The van der Waals surface area contributed by atoms with Crippen molar-refractivity contribution >= 4 is 5.97 Å². The Morgan fingerprint density at radius 1 is 1.04 bits per heavy atom. The molecule has 24 heavy (non-hydrogen) atoms. The van der Waals surface area contributed by atoms with E-state index in [1.807, 2.05) is 30.3 Å². The van der Waals surface area contributed by atoms with Gasteiger partial charge in [0.15, 0.2) is 0 Å². The standard InChI is InChI=1S/C19H22FNO3/c20-16-8-4-7-14(10-16)9-15(19(23)24)12-18(22)17(21)11-13-5-2-1-3-6-13/h1-8,10,15,17-18,22H,9,11-12,21H2,(H,23,24)/t15-,17+,18+/m1/s1. The van der Waals surface area contributed by atoms with Crippen molar-refractivity contribution in [2.24, 2.45) is 11.7 Å². The Morgan fingerprint density at radius 3 is 2.33 bits per heavy atom. The third-order valence-corrected chi connectivity index (χ3v) is 4.05. The number of rotatable bonds is 8. The summed E-state index contributed by atoms with van der Waals surface area (Å²) in [6.07, 6.45) is -0.295. The monoisotopic (exact) mass is 331 g/mol. The summed E-state index contributed by atoms with van der Waals surface area (Å²) in [4.78, 5) is 11.5. The third kappa shape index (κ3) is 5.44. The van der Waals surface area contributed by atoms with Crippen LogP contribution in [0.5, 0.6) is 0 Å². The second-order valence-electron chi connectivity index (χ2n) is 6.03. The van der Waals surface area contributed by atoms with Crippen molar-refractivity contribution in [1.82, 2.24) is 0 Å². The lowest BCUT2D eigenvalue weighted by Crippen LogP contribution is -2.39. The molecule has 2 aromatic rings. The van der Waals surface area contributed by atoms with Gasteiger partial charge in [0.1, 0.15) is 5.82 Å². The molecule has 2 aromatic carbocycles. The van der Waals surface area contributed by atoms with Crippen LogP contribution in [-0.2, 0) is 17.6 Å². The highest BCUT2D eigenvalue weighted by Crippen LogP contribution is 2.18. The molecule has 0 spiro atoms. The molecule has 2 rings (SSSR count). The van der Waals surface area contributed by atoms with Gasteiger partial charge >= 0.3 is 5.97 Å². The molecule has 0 saturated carbocycles. The van der Waals surface area contributed by atoms with E-state index in [-0.39, 0.29) is 12.8 Å². The Kier molecular flexibility index (Phi) is 6.46. The Labute approximate surface area is 140 Å². The quantitative estimate of drug-likeness (QED) is 0.693. The van der Waals surface area contributed by atoms with Crippen molar-refractivity contribution < 1.29 is 19.4 Å². The van der Waals surface area contributed by atoms with Gasteiger partial charge in [0.05, 0.1) is 12.0 Å². The highest BCUT2D eigenvalue weighted by atomic mass is 19.1. The highest BCUT2D eigenvalue weighted by molar-refractivity contribution is 5.70. The molecule has 0 fully saturated rings. The van der Waals surface area contributed by atoms with E-state index < -0.39 is 29.9 Å². The molecular formula is C19H22FNO3. The minimum Gasteiger partial charge on any atom is -0.481 e. The molecule has 0 radical (unpaired) electrons. The van der Waals surface area contributed by atoms with Crippen molar-refractivity contribution in [2.45, 2.75) is 31.4 Å². The third-order valence-electron chi connectivity index (χ3n) is 4.05. The fourth-order valence-electron chi connectivity index (χ4n) is 2.71. The summed E-state index contributed by atoms with van der Waals surface area (Å²) in [6.45, 7) is 0. The molecule has 5 heteroatoms. The molecule has 4 N–H and O–H groups in total. The summed E-state index contributed by atoms with van der Waals surface area (Å²) in [5.41, 5.74) is 7.59. The van der Waals surface area contributed by atoms with Gasteiger partial charge < -0.3 is 15.9 Å². The summed E-state index contributed by atoms with van der Waals surface area (Å²) in [5, 5.41) is 19.6. The van der Waals surface area contributed by atoms with Gasteiger partial charge in [-0.1, -0.05) is 42.5 Å². The van der Waals surface area contributed by atoms with Crippen LogP contribution in [0.25, 0.3) is 0 Å². The van der Waals surface area contributed by atoms with Crippen LogP contribution in [0.3, 0.4) is 0 Å². The Morgan fingerprint density at radius 2 is 1.71 bits per heavy atom. The first-order valence-corrected chi connectivity index (χ1v) is 7.90. The predicted molar refractivity (Wildman–Crippen MR) is 90.0 cm³/mol. The molecule has 0 aromatic heterocycles. The average Bonchev–Trinajstić information content (AvgIpc) is 2.55. The zero-order chi connectivity index (χ0) is 17.5. The first kappa shape index (κ1) is 18.1. The summed E-state index contributed by atoms with van der Waals surface area (Å²) in [6, 6.07) is 14.8. The topological polar surface area (TPSA) is 83.5 Å². The SMILES string of the molecule is N[C@@H](Cc1ccccc1)[C@@H](O)C[C@@H](Cc1cccc(F)c1)C(=O)O. The second-order valence-corrected chi connectivity index (χ2v) is 6.03. The molecule has 0 heterocycles. The number of hydrogen-bond donors (Lipinski definition) is 3. The van der Waals surface area contributed by atoms with Gasteiger partial charge in [0.2, 0.25) is 0 Å². The Bertz CT molecular complexity index is 663. The summed E-state index contributed by atoms with van der Waals surface area (Å²) in [7, 11) is 0. The average molecular weight is 331 g/mol. The van der Waals surface area contributed by atoms with E-state index in [1.165, 1.54) is 12.1 Å². The normalized spacial score (nSPS) is 14.8. The van der Waals surface area contributed by atoms with Crippen LogP contribution in [0.4, 0.5) is 4.39 Å². The number of aliphatic carboxylic acids is 1. The number of aliphatic hydroxyl groups is 1. The first-order valence-electron chi connectivity index (χ1n) is 7.90. The summed E-state index contributed by atoms with van der Waals surface area (Å²) < 4.78 is 13.2. The van der Waals surface area contributed by atoms with Crippen LogP contribution in [0, 0.1) is 11.7 Å². The van der Waals surface area contributed by atoms with E-state index in [9.17, 15) is 19.4 Å². The molecule has 4 nitrogen and oxygen atoms in total. The molecule has 3 atom stereocenters. The van der Waals surface area contributed by atoms with Crippen LogP contribution < -0.4 is 5.73 Å². The number of carboxylic acids is 1. The minimum atomic E-state index is -1.02. The molecule has 0 aliphatic carbocycles. The highest BCUT2D eigenvalue weighted by Gasteiger charge is 2.25. The maximum Gasteiger partial charge on any atom is 0.306 e. The number of nitrogens with two attached hydrogens (primary N) is 1. The van der Waals surface area contributed by atoms with Crippen molar-refractivity contribution in [2.75, 3.05) is 0 Å². The van der Waals surface area contributed by atoms with Crippen LogP contribution >= 0.6 is 0 Å². The second kappa shape index (κ2) is 8.57. The number of hydrogen-bond acceptors (Lipinski definition) is 3. The number of carboxylic acid groups (broad SMARTS) is 1. The smallest absolute Gasteiger partial charge is 0.306 e. The number of halogens is 1. The molecule has 128 valence electrons. The van der Waals surface area contributed by atoms with Gasteiger partial charge in [0.25, 0.3) is 0 Å². The summed E-state index contributed by atoms with van der Waals surface area (Å²) in [5.74, 6) is -2.24. The van der Waals surface area contributed by atoms with Crippen molar-refractivity contribution in [1.29, 1.82) is 0 Å². The maximum atomic E-state index is 13.2. The fraction of sp³-hybridized carbons (Fsp3) is 0.316. The number of benzene rings is 2. The molecule has 0 unspecified atom stereocenters. The Balaban J connectivity index is 1.97. The van der Waals surface area contributed by atoms with Gasteiger partial charge in [-0.2, -0.15) is 0 Å². The number of aliphatic hydroxyl groups excluding tert-OH is 1. The zero-order valence-electron chi connectivity index (χ0n) is 13.3. The molecular weight excluding hydrogens is 309 g/mol. The van der Waals surface area contributed by atoms with Gasteiger partial charge in [-0.3, -0.25) is 4.79 Å². The molecule has 0 aliphatic rings. The van der Waals surface area contributed by atoms with Crippen molar-refractivity contribution in [3.8, 4) is 0 Å². The van der Waals surface area contributed by atoms with Gasteiger partial charge in [0, 0.05) is 6.04 Å². The van der Waals surface area contributed by atoms with Crippen LogP contribution in [0.15, 0.2) is 54.6 Å². The van der Waals surface area contributed by atoms with Crippen LogP contribution in [-0.4, -0.2) is 28.3 Å². The van der Waals surface area contributed by atoms with E-state index >= 15 is 0 Å². The molecule has 0 amide bonds. The minimum absolute atomic E-state index is 0.0276. The largest absolute Gasteiger partial charge is 0.481 e. The lowest BCUT2D eigenvalue weighted by Gasteiger charge is -2.22. The fourth-order valence-corrected chi connectivity index (χ4v) is 2.71. The van der Waals surface area contributed by atoms with Crippen molar-refractivity contribution in [3.63, 3.8) is 0 Å². The van der Waals surface area contributed by atoms with Crippen LogP contribution in [0.1, 0.15) is 17.5 Å². The Hall–Kier alpha value is -2.24. The van der Waals surface area contributed by atoms with Gasteiger partial charge in [-0.25, -0.2) is 4.39 Å². The van der Waals surface area contributed by atoms with E-state index in [1.54, 1.807) is 12.1 Å². The molecule has 0 saturated heterocycles. The van der Waals surface area contributed by atoms with Gasteiger partial charge in [-0.05, 0) is 42.5 Å². The first-order chi connectivity index (χ1) is 11.5. The zero-order valence-corrected chi connectivity index (χ0v) is 13.3. The molecule has 0 aliphatic heterocycles.